The highest BCUT2D eigenvalue weighted by atomic mass is 19.1. The normalized spacial score (nSPS) is 12.7. The fourth-order valence-corrected chi connectivity index (χ4v) is 9.66. The van der Waals surface area contributed by atoms with Crippen LogP contribution in [0.1, 0.15) is 102 Å². The zero-order valence-corrected chi connectivity index (χ0v) is 40.2. The van der Waals surface area contributed by atoms with Crippen molar-refractivity contribution in [2.75, 3.05) is 0 Å². The van der Waals surface area contributed by atoms with Crippen LogP contribution >= 0.6 is 0 Å². The van der Waals surface area contributed by atoms with Crippen molar-refractivity contribution < 1.29 is 13.5 Å². The summed E-state index contributed by atoms with van der Waals surface area (Å²) in [5.41, 5.74) is 13.8. The van der Waals surface area contributed by atoms with E-state index in [1.165, 1.54) is 39.9 Å². The van der Waals surface area contributed by atoms with E-state index in [0.29, 0.717) is 28.5 Å². The minimum Gasteiger partial charge on any atom is -0.457 e. The summed E-state index contributed by atoms with van der Waals surface area (Å²) in [6.07, 6.45) is 1.90. The van der Waals surface area contributed by atoms with Crippen LogP contribution in [-0.2, 0) is 5.41 Å². The highest BCUT2D eigenvalue weighted by molar-refractivity contribution is 6.09. The highest BCUT2D eigenvalue weighted by Crippen LogP contribution is 2.45. The first-order valence-electron chi connectivity index (χ1n) is 23.6. The molecular weight excluding hydrogens is 843 g/mol. The quantitative estimate of drug-likeness (QED) is 0.128. The molecule has 9 aromatic rings. The lowest BCUT2D eigenvalue weighted by molar-refractivity contribution is 0.483. The highest BCUT2D eigenvalue weighted by Gasteiger charge is 2.38. The molecule has 10 rings (SSSR count). The molecule has 1 aliphatic rings. The van der Waals surface area contributed by atoms with Crippen LogP contribution in [0.3, 0.4) is 0 Å². The number of hydrogen-bond donors (Lipinski definition) is 0. The lowest BCUT2D eigenvalue weighted by atomic mass is 9.81. The maximum absolute atomic E-state index is 14.7. The molecule has 0 atom stereocenters. The van der Waals surface area contributed by atoms with Gasteiger partial charge in [-0.15, -0.1) is 0 Å². The van der Waals surface area contributed by atoms with Crippen molar-refractivity contribution in [1.29, 1.82) is 0 Å². The average molecular weight is 899 g/mol. The van der Waals surface area contributed by atoms with Gasteiger partial charge in [-0.3, -0.25) is 4.57 Å². The van der Waals surface area contributed by atoms with Gasteiger partial charge in [0.15, 0.2) is 0 Å². The molecule has 0 fully saturated rings. The molecule has 1 aliphatic heterocycles. The Hall–Kier alpha value is -7.47. The standard InChI is InChI=1S/C61H56F2N4O/c1-37(2)40-30-52(38(3)4)60(53(31-40)39(5)6)42-28-46(65-36-66(57-21-15-14-20-56(57)65)54-18-12-10-16-49(54)41-26-44(62)33-45(63)27-41)34-48(29-42)68-47-22-23-51-50-17-11-13-19-55(50)67(58(51)35-47)59-32-43(24-25-64-59)61(7,8)9/h10-35,37-39H,1-9H3/q+2. The summed E-state index contributed by atoms with van der Waals surface area (Å²) in [4.78, 5) is 4.92. The van der Waals surface area contributed by atoms with Crippen LogP contribution in [0.2, 0.25) is 0 Å². The van der Waals surface area contributed by atoms with E-state index in [4.69, 9.17) is 9.72 Å². The molecule has 338 valence electrons. The Morgan fingerprint density at radius 3 is 1.87 bits per heavy atom. The van der Waals surface area contributed by atoms with Crippen molar-refractivity contribution >= 4 is 50.6 Å². The number of pyridine rings is 1. The molecule has 0 bridgehead atoms. The van der Waals surface area contributed by atoms with Crippen molar-refractivity contribution in [3.63, 3.8) is 0 Å². The molecule has 0 unspecified atom stereocenters. The first kappa shape index (κ1) is 44.4. The van der Waals surface area contributed by atoms with E-state index in [0.717, 1.165) is 62.0 Å². The second-order valence-corrected chi connectivity index (χ2v) is 20.0. The van der Waals surface area contributed by atoms with Crippen molar-refractivity contribution in [1.82, 2.24) is 18.7 Å². The Morgan fingerprint density at radius 1 is 0.559 bits per heavy atom. The largest absolute Gasteiger partial charge is 0.503 e. The summed E-state index contributed by atoms with van der Waals surface area (Å²) in [5, 5.41) is 2.25. The molecular formula is C61H56F2N4O+2. The SMILES string of the molecule is CC(C)c1cc(C(C)C)c(-c2cc(Oc3ccc4c5ccccc5n(-c5cc(C(C)(C)C)ccn5)c4c3)cc([N+]3=C=[N+](c4ccccc4-c4cc(F)cc(F)c4)c4ccccc43)c2)c(C(C)C)c1. The molecule has 68 heavy (non-hydrogen) atoms. The average Bonchev–Trinajstić information content (AvgIpc) is 3.86. The van der Waals surface area contributed by atoms with Crippen molar-refractivity contribution in [3.05, 3.63) is 192 Å². The van der Waals surface area contributed by atoms with Crippen LogP contribution in [0, 0.1) is 11.6 Å². The number of nitrogens with zero attached hydrogens (tertiary/aromatic N) is 4. The van der Waals surface area contributed by atoms with Crippen LogP contribution in [0.15, 0.2) is 158 Å². The third-order valence-corrected chi connectivity index (χ3v) is 13.2. The van der Waals surface area contributed by atoms with Gasteiger partial charge in [0, 0.05) is 53.4 Å². The Balaban J connectivity index is 1.21. The van der Waals surface area contributed by atoms with Crippen LogP contribution in [0.5, 0.6) is 11.5 Å². The molecule has 7 heteroatoms. The number of halogens is 2. The maximum Gasteiger partial charge on any atom is 0.503 e. The molecule has 3 heterocycles. The molecule has 0 radical (unpaired) electrons. The van der Waals surface area contributed by atoms with E-state index in [2.05, 4.69) is 168 Å². The lowest BCUT2D eigenvalue weighted by Crippen LogP contribution is -2.12. The van der Waals surface area contributed by atoms with Gasteiger partial charge in [-0.2, -0.15) is 0 Å². The number of hydrogen-bond acceptors (Lipinski definition) is 2. The van der Waals surface area contributed by atoms with Crippen molar-refractivity contribution in [3.8, 4) is 39.6 Å². The van der Waals surface area contributed by atoms with Gasteiger partial charge in [0.2, 0.25) is 11.4 Å². The van der Waals surface area contributed by atoms with Gasteiger partial charge >= 0.3 is 6.01 Å². The second-order valence-electron chi connectivity index (χ2n) is 20.0. The van der Waals surface area contributed by atoms with Crippen molar-refractivity contribution in [2.45, 2.75) is 85.5 Å². The first-order valence-corrected chi connectivity index (χ1v) is 23.6. The number of fused-ring (bicyclic) bond motifs is 4. The molecule has 0 saturated carbocycles. The number of ether oxygens (including phenoxy) is 1. The number of para-hydroxylation sites is 4. The summed E-state index contributed by atoms with van der Waals surface area (Å²) in [6, 6.07) is 53.5. The molecule has 7 aromatic carbocycles. The molecule has 5 nitrogen and oxygen atoms in total. The second kappa shape index (κ2) is 17.3. The maximum atomic E-state index is 14.7. The Labute approximate surface area is 398 Å². The van der Waals surface area contributed by atoms with Crippen molar-refractivity contribution in [2.24, 2.45) is 0 Å². The van der Waals surface area contributed by atoms with Gasteiger partial charge in [0.1, 0.15) is 29.0 Å². The predicted molar refractivity (Wildman–Crippen MR) is 278 cm³/mol. The fraction of sp³-hybridized carbons (Fsp3) is 0.213. The molecule has 2 aromatic heterocycles. The topological polar surface area (TPSA) is 33.1 Å². The van der Waals surface area contributed by atoms with Gasteiger partial charge < -0.3 is 4.74 Å². The number of rotatable bonds is 10. The molecule has 0 spiro atoms. The van der Waals surface area contributed by atoms with Crippen LogP contribution in [-0.4, -0.2) is 15.6 Å². The first-order chi connectivity index (χ1) is 32.6. The third-order valence-electron chi connectivity index (χ3n) is 13.2. The van der Waals surface area contributed by atoms with Gasteiger partial charge in [0.25, 0.3) is 11.4 Å². The minimum absolute atomic E-state index is 0.0563. The Kier molecular flexibility index (Phi) is 11.3. The van der Waals surface area contributed by atoms with E-state index < -0.39 is 11.6 Å². The predicted octanol–water partition coefficient (Wildman–Crippen LogP) is 17.1. The smallest absolute Gasteiger partial charge is 0.457 e. The van der Waals surface area contributed by atoms with E-state index in [1.54, 1.807) is 0 Å². The zero-order chi connectivity index (χ0) is 47.6. The summed E-state index contributed by atoms with van der Waals surface area (Å²) >= 11 is 0. The number of benzene rings is 7. The lowest BCUT2D eigenvalue weighted by Gasteiger charge is -2.23. The van der Waals surface area contributed by atoms with E-state index in [9.17, 15) is 8.78 Å². The van der Waals surface area contributed by atoms with E-state index >= 15 is 0 Å². The van der Waals surface area contributed by atoms with Gasteiger partial charge in [-0.05, 0) is 126 Å². The molecule has 0 N–H and O–H groups in total. The number of aromatic nitrogens is 2. The summed E-state index contributed by atoms with van der Waals surface area (Å²) < 4.78 is 42.8. The summed E-state index contributed by atoms with van der Waals surface area (Å²) in [5.74, 6) is 1.79. The Bertz CT molecular complexity index is 3480. The Morgan fingerprint density at radius 2 is 1.19 bits per heavy atom. The monoisotopic (exact) mass is 898 g/mol. The summed E-state index contributed by atoms with van der Waals surface area (Å²) in [7, 11) is 0. The van der Waals surface area contributed by atoms with Gasteiger partial charge in [0.05, 0.1) is 22.7 Å². The molecule has 0 amide bonds. The minimum atomic E-state index is -0.634. The van der Waals surface area contributed by atoms with Crippen LogP contribution < -0.4 is 13.9 Å². The van der Waals surface area contributed by atoms with Crippen LogP contribution in [0.25, 0.3) is 49.9 Å². The molecule has 0 aliphatic carbocycles. The fourth-order valence-electron chi connectivity index (χ4n) is 9.66. The van der Waals surface area contributed by atoms with E-state index in [-0.39, 0.29) is 17.3 Å². The van der Waals surface area contributed by atoms with Crippen LogP contribution in [0.4, 0.5) is 31.5 Å². The zero-order valence-electron chi connectivity index (χ0n) is 40.2. The van der Waals surface area contributed by atoms with Gasteiger partial charge in [-0.25, -0.2) is 13.8 Å². The van der Waals surface area contributed by atoms with E-state index in [1.807, 2.05) is 53.2 Å². The van der Waals surface area contributed by atoms with Gasteiger partial charge in [-0.1, -0.05) is 117 Å². The third kappa shape index (κ3) is 8.11. The molecule has 0 saturated heterocycles. The summed E-state index contributed by atoms with van der Waals surface area (Å²) in [6.45, 7) is 20.3.